The van der Waals surface area contributed by atoms with Gasteiger partial charge in [-0.1, -0.05) is 43.4 Å². The molecule has 0 aliphatic rings. The summed E-state index contributed by atoms with van der Waals surface area (Å²) in [5.41, 5.74) is 0. The SMILES string of the molecule is CC/C=C/CC/C=C/C/C=C/CC#N. The van der Waals surface area contributed by atoms with Crippen LogP contribution in [0.3, 0.4) is 0 Å². The van der Waals surface area contributed by atoms with Crippen LogP contribution >= 0.6 is 0 Å². The molecule has 1 nitrogen and oxygen atoms in total. The summed E-state index contributed by atoms with van der Waals surface area (Å²) in [5.74, 6) is 0. The monoisotopic (exact) mass is 189 g/mol. The van der Waals surface area contributed by atoms with Gasteiger partial charge in [0.05, 0.1) is 12.5 Å². The van der Waals surface area contributed by atoms with Gasteiger partial charge in [0.2, 0.25) is 0 Å². The highest BCUT2D eigenvalue weighted by Gasteiger charge is 1.76. The maximum Gasteiger partial charge on any atom is 0.0663 e. The Balaban J connectivity index is 3.28. The molecule has 0 unspecified atom stereocenters. The van der Waals surface area contributed by atoms with Gasteiger partial charge in [-0.25, -0.2) is 0 Å². The summed E-state index contributed by atoms with van der Waals surface area (Å²) < 4.78 is 0. The van der Waals surface area contributed by atoms with Gasteiger partial charge in [0.25, 0.3) is 0 Å². The lowest BCUT2D eigenvalue weighted by atomic mass is 10.2. The molecule has 0 aliphatic heterocycles. The number of allylic oxidation sites excluding steroid dienone is 6. The molecule has 0 atom stereocenters. The van der Waals surface area contributed by atoms with Crippen LogP contribution in [0.2, 0.25) is 0 Å². The molecule has 0 saturated carbocycles. The Morgan fingerprint density at radius 2 is 1.57 bits per heavy atom. The van der Waals surface area contributed by atoms with Crippen molar-refractivity contribution in [2.45, 2.75) is 39.0 Å². The van der Waals surface area contributed by atoms with Crippen LogP contribution in [-0.2, 0) is 0 Å². The second kappa shape index (κ2) is 11.7. The Hall–Kier alpha value is -1.29. The van der Waals surface area contributed by atoms with Crippen molar-refractivity contribution in [3.8, 4) is 6.07 Å². The maximum atomic E-state index is 8.26. The zero-order chi connectivity index (χ0) is 10.5. The molecule has 0 bridgehead atoms. The molecular weight excluding hydrogens is 170 g/mol. The number of nitrogens with zero attached hydrogens (tertiary/aromatic N) is 1. The smallest absolute Gasteiger partial charge is 0.0663 e. The second-order valence-corrected chi connectivity index (χ2v) is 3.00. The molecular formula is C13H19N. The van der Waals surface area contributed by atoms with Crippen LogP contribution in [0.4, 0.5) is 0 Å². The van der Waals surface area contributed by atoms with Gasteiger partial charge >= 0.3 is 0 Å². The molecule has 0 radical (unpaired) electrons. The molecule has 0 heterocycles. The molecule has 0 aliphatic carbocycles. The Morgan fingerprint density at radius 1 is 0.929 bits per heavy atom. The number of unbranched alkanes of at least 4 members (excludes halogenated alkanes) is 1. The third kappa shape index (κ3) is 10.7. The highest BCUT2D eigenvalue weighted by atomic mass is 14.2. The van der Waals surface area contributed by atoms with E-state index >= 15 is 0 Å². The molecule has 0 aromatic rings. The minimum atomic E-state index is 0.521. The maximum absolute atomic E-state index is 8.26. The number of nitriles is 1. The summed E-state index contributed by atoms with van der Waals surface area (Å²) in [7, 11) is 0. The predicted octanol–water partition coefficient (Wildman–Crippen LogP) is 4.15. The first-order chi connectivity index (χ1) is 6.91. The van der Waals surface area contributed by atoms with Crippen molar-refractivity contribution < 1.29 is 0 Å². The van der Waals surface area contributed by atoms with Gasteiger partial charge in [-0.15, -0.1) is 0 Å². The van der Waals surface area contributed by atoms with E-state index in [0.717, 1.165) is 25.7 Å². The van der Waals surface area contributed by atoms with Crippen molar-refractivity contribution in [2.75, 3.05) is 0 Å². The van der Waals surface area contributed by atoms with E-state index in [0.29, 0.717) is 6.42 Å². The van der Waals surface area contributed by atoms with Crippen LogP contribution in [0.1, 0.15) is 39.0 Å². The van der Waals surface area contributed by atoms with Crippen LogP contribution in [0.25, 0.3) is 0 Å². The summed E-state index contributed by atoms with van der Waals surface area (Å²) in [4.78, 5) is 0. The number of hydrogen-bond acceptors (Lipinski definition) is 1. The average molecular weight is 189 g/mol. The third-order valence-electron chi connectivity index (χ3n) is 1.72. The Bertz CT molecular complexity index is 228. The molecule has 0 amide bonds. The van der Waals surface area contributed by atoms with E-state index in [2.05, 4.69) is 37.3 Å². The van der Waals surface area contributed by atoms with E-state index in [1.165, 1.54) is 0 Å². The quantitative estimate of drug-likeness (QED) is 0.436. The van der Waals surface area contributed by atoms with Crippen LogP contribution in [0.5, 0.6) is 0 Å². The molecule has 0 spiro atoms. The highest BCUT2D eigenvalue weighted by molar-refractivity contribution is 4.97. The predicted molar refractivity (Wildman–Crippen MR) is 61.8 cm³/mol. The second-order valence-electron chi connectivity index (χ2n) is 3.00. The van der Waals surface area contributed by atoms with Gasteiger partial charge in [0.15, 0.2) is 0 Å². The van der Waals surface area contributed by atoms with Gasteiger partial charge < -0.3 is 0 Å². The Morgan fingerprint density at radius 3 is 2.21 bits per heavy atom. The average Bonchev–Trinajstić information content (AvgIpc) is 2.21. The zero-order valence-electron chi connectivity index (χ0n) is 8.95. The van der Waals surface area contributed by atoms with E-state index in [-0.39, 0.29) is 0 Å². The highest BCUT2D eigenvalue weighted by Crippen LogP contribution is 1.96. The summed E-state index contributed by atoms with van der Waals surface area (Å²) in [6, 6.07) is 2.07. The third-order valence-corrected chi connectivity index (χ3v) is 1.72. The molecule has 0 N–H and O–H groups in total. The van der Waals surface area contributed by atoms with Crippen molar-refractivity contribution in [1.82, 2.24) is 0 Å². The summed E-state index contributed by atoms with van der Waals surface area (Å²) in [6.45, 7) is 2.15. The van der Waals surface area contributed by atoms with E-state index in [1.807, 2.05) is 12.2 Å². The summed E-state index contributed by atoms with van der Waals surface area (Å²) >= 11 is 0. The summed E-state index contributed by atoms with van der Waals surface area (Å²) in [6.07, 6.45) is 17.5. The van der Waals surface area contributed by atoms with Gasteiger partial charge in [-0.3, -0.25) is 0 Å². The van der Waals surface area contributed by atoms with E-state index in [4.69, 9.17) is 5.26 Å². The molecule has 0 fully saturated rings. The lowest BCUT2D eigenvalue weighted by Gasteiger charge is -1.86. The summed E-state index contributed by atoms with van der Waals surface area (Å²) in [5, 5.41) is 8.26. The Labute approximate surface area is 87.4 Å². The van der Waals surface area contributed by atoms with E-state index in [9.17, 15) is 0 Å². The van der Waals surface area contributed by atoms with Crippen molar-refractivity contribution in [1.29, 1.82) is 5.26 Å². The van der Waals surface area contributed by atoms with Crippen LogP contribution in [0, 0.1) is 11.3 Å². The lowest BCUT2D eigenvalue weighted by molar-refractivity contribution is 1.03. The minimum absolute atomic E-state index is 0.521. The first-order valence-electron chi connectivity index (χ1n) is 5.23. The zero-order valence-corrected chi connectivity index (χ0v) is 8.95. The van der Waals surface area contributed by atoms with Gasteiger partial charge in [-0.05, 0) is 25.7 Å². The van der Waals surface area contributed by atoms with Gasteiger partial charge in [-0.2, -0.15) is 5.26 Å². The molecule has 14 heavy (non-hydrogen) atoms. The topological polar surface area (TPSA) is 23.8 Å². The molecule has 76 valence electrons. The molecule has 0 saturated heterocycles. The van der Waals surface area contributed by atoms with Crippen molar-refractivity contribution in [3.05, 3.63) is 36.5 Å². The molecule has 1 heteroatoms. The number of hydrogen-bond donors (Lipinski definition) is 0. The van der Waals surface area contributed by atoms with E-state index in [1.54, 1.807) is 0 Å². The molecule has 0 rings (SSSR count). The van der Waals surface area contributed by atoms with Crippen molar-refractivity contribution in [3.63, 3.8) is 0 Å². The van der Waals surface area contributed by atoms with Gasteiger partial charge in [0.1, 0.15) is 0 Å². The molecule has 0 aromatic carbocycles. The lowest BCUT2D eigenvalue weighted by Crippen LogP contribution is -1.65. The first-order valence-corrected chi connectivity index (χ1v) is 5.23. The fraction of sp³-hybridized carbons (Fsp3) is 0.462. The van der Waals surface area contributed by atoms with E-state index < -0.39 is 0 Å². The molecule has 0 aromatic heterocycles. The fourth-order valence-corrected chi connectivity index (χ4v) is 1.00. The number of rotatable bonds is 7. The normalized spacial score (nSPS) is 11.7. The largest absolute Gasteiger partial charge is 0.198 e. The van der Waals surface area contributed by atoms with Gasteiger partial charge in [0, 0.05) is 0 Å². The fourth-order valence-electron chi connectivity index (χ4n) is 1.00. The Kier molecular flexibility index (Phi) is 10.6. The van der Waals surface area contributed by atoms with Crippen LogP contribution < -0.4 is 0 Å². The standard InChI is InChI=1S/C13H19N/c1-2-3-4-5-6-7-8-9-10-11-12-13-14/h3-4,7-8,10-11H,2,5-6,9,12H2,1H3/b4-3+,8-7+,11-10+. The van der Waals surface area contributed by atoms with Crippen LogP contribution in [0.15, 0.2) is 36.5 Å². The van der Waals surface area contributed by atoms with Crippen LogP contribution in [-0.4, -0.2) is 0 Å². The van der Waals surface area contributed by atoms with Crippen molar-refractivity contribution >= 4 is 0 Å². The first kappa shape index (κ1) is 12.7. The minimum Gasteiger partial charge on any atom is -0.198 e. The van der Waals surface area contributed by atoms with Crippen molar-refractivity contribution in [2.24, 2.45) is 0 Å².